The SMILES string of the molecule is CNC(=O)[C@H](Cc1ccccc1)n1nnc(-c2ccccc2)c1C#Cc1ccccc1. The number of hydrogen-bond donors (Lipinski definition) is 1. The zero-order chi connectivity index (χ0) is 21.5. The summed E-state index contributed by atoms with van der Waals surface area (Å²) in [6.07, 6.45) is 0.484. The van der Waals surface area contributed by atoms with Crippen LogP contribution in [0.15, 0.2) is 91.0 Å². The van der Waals surface area contributed by atoms with E-state index in [2.05, 4.69) is 27.5 Å². The van der Waals surface area contributed by atoms with E-state index in [1.54, 1.807) is 11.7 Å². The lowest BCUT2D eigenvalue weighted by molar-refractivity contribution is -0.124. The van der Waals surface area contributed by atoms with Crippen LogP contribution in [0, 0.1) is 11.8 Å². The topological polar surface area (TPSA) is 59.8 Å². The van der Waals surface area contributed by atoms with Gasteiger partial charge in [0.2, 0.25) is 5.91 Å². The Kier molecular flexibility index (Phi) is 6.20. The van der Waals surface area contributed by atoms with Crippen LogP contribution in [-0.2, 0) is 11.2 Å². The number of likely N-dealkylation sites (N-methyl/N-ethyl adjacent to an activating group) is 1. The van der Waals surface area contributed by atoms with Crippen LogP contribution in [0.5, 0.6) is 0 Å². The minimum Gasteiger partial charge on any atom is -0.357 e. The van der Waals surface area contributed by atoms with Crippen molar-refractivity contribution in [2.24, 2.45) is 0 Å². The summed E-state index contributed by atoms with van der Waals surface area (Å²) in [5, 5.41) is 11.5. The lowest BCUT2D eigenvalue weighted by atomic mass is 10.0. The summed E-state index contributed by atoms with van der Waals surface area (Å²) in [6.45, 7) is 0. The first-order valence-electron chi connectivity index (χ1n) is 10.1. The molecule has 152 valence electrons. The summed E-state index contributed by atoms with van der Waals surface area (Å²) >= 11 is 0. The van der Waals surface area contributed by atoms with E-state index in [9.17, 15) is 4.79 Å². The highest BCUT2D eigenvalue weighted by atomic mass is 16.2. The Morgan fingerprint density at radius 1 is 0.903 bits per heavy atom. The van der Waals surface area contributed by atoms with Gasteiger partial charge in [-0.1, -0.05) is 90.0 Å². The van der Waals surface area contributed by atoms with Gasteiger partial charge in [-0.05, 0) is 23.6 Å². The average Bonchev–Trinajstić information content (AvgIpc) is 3.26. The van der Waals surface area contributed by atoms with Crippen molar-refractivity contribution in [3.05, 3.63) is 108 Å². The van der Waals surface area contributed by atoms with Crippen LogP contribution in [0.2, 0.25) is 0 Å². The minimum absolute atomic E-state index is 0.142. The average molecular weight is 406 g/mol. The second-order valence-electron chi connectivity index (χ2n) is 7.03. The molecule has 1 N–H and O–H groups in total. The molecule has 0 aliphatic carbocycles. The maximum atomic E-state index is 12.8. The van der Waals surface area contributed by atoms with Gasteiger partial charge in [0.25, 0.3) is 0 Å². The number of benzene rings is 3. The van der Waals surface area contributed by atoms with Gasteiger partial charge in [0.15, 0.2) is 0 Å². The molecule has 0 fully saturated rings. The smallest absolute Gasteiger partial charge is 0.245 e. The van der Waals surface area contributed by atoms with Crippen molar-refractivity contribution in [2.75, 3.05) is 7.05 Å². The van der Waals surface area contributed by atoms with E-state index in [-0.39, 0.29) is 5.91 Å². The van der Waals surface area contributed by atoms with Gasteiger partial charge >= 0.3 is 0 Å². The maximum Gasteiger partial charge on any atom is 0.245 e. The summed E-state index contributed by atoms with van der Waals surface area (Å²) in [6, 6.07) is 28.8. The van der Waals surface area contributed by atoms with Gasteiger partial charge in [-0.2, -0.15) is 0 Å². The molecule has 0 saturated heterocycles. The van der Waals surface area contributed by atoms with Crippen LogP contribution >= 0.6 is 0 Å². The second kappa shape index (κ2) is 9.55. The number of amides is 1. The zero-order valence-corrected chi connectivity index (χ0v) is 17.2. The van der Waals surface area contributed by atoms with Crippen LogP contribution in [0.4, 0.5) is 0 Å². The van der Waals surface area contributed by atoms with E-state index in [0.717, 1.165) is 16.7 Å². The van der Waals surface area contributed by atoms with Crippen LogP contribution in [0.3, 0.4) is 0 Å². The maximum absolute atomic E-state index is 12.8. The van der Waals surface area contributed by atoms with E-state index in [1.165, 1.54) is 0 Å². The number of carbonyl (C=O) groups is 1. The molecule has 1 atom stereocenters. The van der Waals surface area contributed by atoms with Crippen molar-refractivity contribution in [2.45, 2.75) is 12.5 Å². The lowest BCUT2D eigenvalue weighted by Gasteiger charge is -2.17. The summed E-state index contributed by atoms with van der Waals surface area (Å²) < 4.78 is 1.64. The van der Waals surface area contributed by atoms with E-state index in [4.69, 9.17) is 0 Å². The number of nitrogens with one attached hydrogen (secondary N) is 1. The van der Waals surface area contributed by atoms with Crippen molar-refractivity contribution in [1.29, 1.82) is 0 Å². The molecule has 0 unspecified atom stereocenters. The molecule has 3 aromatic carbocycles. The molecule has 0 spiro atoms. The summed E-state index contributed by atoms with van der Waals surface area (Å²) in [5.74, 6) is 6.28. The fourth-order valence-corrected chi connectivity index (χ4v) is 3.37. The number of aromatic nitrogens is 3. The Labute approximate surface area is 181 Å². The molecule has 0 bridgehead atoms. The summed E-state index contributed by atoms with van der Waals surface area (Å²) in [7, 11) is 1.63. The molecule has 5 heteroatoms. The van der Waals surface area contributed by atoms with Crippen molar-refractivity contribution < 1.29 is 4.79 Å². The van der Waals surface area contributed by atoms with Crippen LogP contribution in [0.25, 0.3) is 11.3 Å². The first kappa shape index (κ1) is 20.1. The normalized spacial score (nSPS) is 11.3. The number of nitrogens with zero attached hydrogens (tertiary/aromatic N) is 3. The predicted octanol–water partition coefficient (Wildman–Crippen LogP) is 3.87. The van der Waals surface area contributed by atoms with Gasteiger partial charge in [0.05, 0.1) is 0 Å². The third-order valence-corrected chi connectivity index (χ3v) is 4.96. The highest BCUT2D eigenvalue weighted by Gasteiger charge is 2.26. The van der Waals surface area contributed by atoms with E-state index in [0.29, 0.717) is 17.8 Å². The molecular formula is C26H22N4O. The molecule has 31 heavy (non-hydrogen) atoms. The van der Waals surface area contributed by atoms with Gasteiger partial charge in [-0.15, -0.1) is 5.10 Å². The Balaban J connectivity index is 1.83. The third-order valence-electron chi connectivity index (χ3n) is 4.96. The highest BCUT2D eigenvalue weighted by Crippen LogP contribution is 2.24. The molecule has 1 heterocycles. The lowest BCUT2D eigenvalue weighted by Crippen LogP contribution is -2.32. The molecule has 1 amide bonds. The second-order valence-corrected chi connectivity index (χ2v) is 7.03. The number of hydrogen-bond acceptors (Lipinski definition) is 3. The Bertz CT molecular complexity index is 1210. The monoisotopic (exact) mass is 406 g/mol. The summed E-state index contributed by atoms with van der Waals surface area (Å²) in [4.78, 5) is 12.8. The fraction of sp³-hybridized carbons (Fsp3) is 0.115. The van der Waals surface area contributed by atoms with Crippen LogP contribution < -0.4 is 5.32 Å². The van der Waals surface area contributed by atoms with Gasteiger partial charge in [0.1, 0.15) is 17.4 Å². The van der Waals surface area contributed by atoms with Gasteiger partial charge in [-0.3, -0.25) is 4.79 Å². The summed E-state index contributed by atoms with van der Waals surface area (Å²) in [5.41, 5.74) is 4.09. The largest absolute Gasteiger partial charge is 0.357 e. The Morgan fingerprint density at radius 3 is 2.16 bits per heavy atom. The zero-order valence-electron chi connectivity index (χ0n) is 17.2. The van der Waals surface area contributed by atoms with Crippen molar-refractivity contribution in [3.8, 4) is 23.1 Å². The molecule has 5 nitrogen and oxygen atoms in total. The molecule has 1 aromatic heterocycles. The predicted molar refractivity (Wildman–Crippen MR) is 121 cm³/mol. The van der Waals surface area contributed by atoms with Crippen LogP contribution in [0.1, 0.15) is 22.9 Å². The third kappa shape index (κ3) is 4.71. The van der Waals surface area contributed by atoms with Gasteiger partial charge in [0, 0.05) is 24.6 Å². The van der Waals surface area contributed by atoms with Gasteiger partial charge in [-0.25, -0.2) is 4.68 Å². The standard InChI is InChI=1S/C26H22N4O/c1-27-26(31)24(19-21-13-7-3-8-14-21)30-23(18-17-20-11-5-2-6-12-20)25(28-29-30)22-15-9-4-10-16-22/h2-16,24H,19H2,1H3,(H,27,31)/t24-/m0/s1. The quantitative estimate of drug-likeness (QED) is 0.512. The molecule has 4 aromatic rings. The molecular weight excluding hydrogens is 384 g/mol. The molecule has 0 radical (unpaired) electrons. The molecule has 4 rings (SSSR count). The molecule has 0 saturated carbocycles. The molecule has 0 aliphatic heterocycles. The Morgan fingerprint density at radius 2 is 1.52 bits per heavy atom. The first-order valence-corrected chi connectivity index (χ1v) is 10.1. The van der Waals surface area contributed by atoms with Crippen molar-refractivity contribution in [3.63, 3.8) is 0 Å². The van der Waals surface area contributed by atoms with E-state index in [1.807, 2.05) is 91.0 Å². The van der Waals surface area contributed by atoms with Crippen LogP contribution in [-0.4, -0.2) is 27.9 Å². The highest BCUT2D eigenvalue weighted by molar-refractivity contribution is 5.81. The minimum atomic E-state index is -0.572. The van der Waals surface area contributed by atoms with Crippen molar-refractivity contribution in [1.82, 2.24) is 20.3 Å². The Hall–Kier alpha value is -4.17. The van der Waals surface area contributed by atoms with Gasteiger partial charge < -0.3 is 5.32 Å². The number of rotatable bonds is 5. The first-order chi connectivity index (χ1) is 15.3. The van der Waals surface area contributed by atoms with E-state index >= 15 is 0 Å². The fourth-order valence-electron chi connectivity index (χ4n) is 3.37. The molecule has 0 aliphatic rings. The number of carbonyl (C=O) groups excluding carboxylic acids is 1. The van der Waals surface area contributed by atoms with Crippen molar-refractivity contribution >= 4 is 5.91 Å². The van der Waals surface area contributed by atoms with E-state index < -0.39 is 6.04 Å².